The molecule has 0 saturated heterocycles. The van der Waals surface area contributed by atoms with Gasteiger partial charge in [-0.15, -0.1) is 0 Å². The third-order valence-electron chi connectivity index (χ3n) is 3.35. The molecule has 0 aliphatic heterocycles. The minimum atomic E-state index is 0.200. The van der Waals surface area contributed by atoms with Crippen LogP contribution in [-0.4, -0.2) is 25.9 Å². The Labute approximate surface area is 104 Å². The molecular weight excluding hydrogens is 212 g/mol. The molecule has 0 radical (unpaired) electrons. The van der Waals surface area contributed by atoms with Crippen LogP contribution in [0, 0.1) is 0 Å². The van der Waals surface area contributed by atoms with Crippen LogP contribution in [0.1, 0.15) is 31.2 Å². The van der Waals surface area contributed by atoms with Gasteiger partial charge in [0.1, 0.15) is 0 Å². The van der Waals surface area contributed by atoms with Crippen molar-refractivity contribution in [3.05, 3.63) is 35.9 Å². The molecule has 0 heterocycles. The molecule has 0 aromatic heterocycles. The van der Waals surface area contributed by atoms with Gasteiger partial charge in [-0.2, -0.15) is 0 Å². The average molecular weight is 234 g/mol. The van der Waals surface area contributed by atoms with E-state index in [4.69, 9.17) is 9.47 Å². The van der Waals surface area contributed by atoms with Crippen molar-refractivity contribution in [3.8, 4) is 0 Å². The fourth-order valence-electron chi connectivity index (χ4n) is 2.51. The molecule has 1 fully saturated rings. The molecule has 1 aliphatic rings. The number of benzene rings is 1. The predicted molar refractivity (Wildman–Crippen MR) is 69.2 cm³/mol. The number of hydrogen-bond acceptors (Lipinski definition) is 2. The van der Waals surface area contributed by atoms with Gasteiger partial charge in [-0.05, 0) is 18.4 Å². The van der Waals surface area contributed by atoms with Gasteiger partial charge in [0.05, 0.1) is 18.8 Å². The zero-order chi connectivity index (χ0) is 11.9. The second-order valence-corrected chi connectivity index (χ2v) is 4.81. The lowest BCUT2D eigenvalue weighted by Gasteiger charge is -2.21. The Morgan fingerprint density at radius 3 is 2.53 bits per heavy atom. The van der Waals surface area contributed by atoms with E-state index in [0.717, 1.165) is 6.42 Å². The monoisotopic (exact) mass is 234 g/mol. The number of ether oxygens (including phenoxy) is 2. The highest BCUT2D eigenvalue weighted by atomic mass is 16.5. The van der Waals surface area contributed by atoms with Crippen molar-refractivity contribution in [2.75, 3.05) is 13.7 Å². The Hall–Kier alpha value is -0.860. The third kappa shape index (κ3) is 4.14. The molecule has 1 unspecified atom stereocenters. The molecular formula is C15H22O2. The lowest BCUT2D eigenvalue weighted by atomic mass is 10.1. The van der Waals surface area contributed by atoms with Crippen molar-refractivity contribution in [2.24, 2.45) is 0 Å². The molecule has 0 bridgehead atoms. The Morgan fingerprint density at radius 2 is 1.88 bits per heavy atom. The minimum Gasteiger partial charge on any atom is -0.382 e. The molecule has 1 atom stereocenters. The van der Waals surface area contributed by atoms with Crippen molar-refractivity contribution in [3.63, 3.8) is 0 Å². The van der Waals surface area contributed by atoms with Gasteiger partial charge in [-0.1, -0.05) is 43.2 Å². The van der Waals surface area contributed by atoms with Crippen molar-refractivity contribution in [1.82, 2.24) is 0 Å². The summed E-state index contributed by atoms with van der Waals surface area (Å²) in [5.41, 5.74) is 1.33. The van der Waals surface area contributed by atoms with E-state index in [-0.39, 0.29) is 6.10 Å². The van der Waals surface area contributed by atoms with Crippen molar-refractivity contribution < 1.29 is 9.47 Å². The van der Waals surface area contributed by atoms with Crippen LogP contribution in [0.25, 0.3) is 0 Å². The van der Waals surface area contributed by atoms with Crippen molar-refractivity contribution in [2.45, 2.75) is 44.3 Å². The molecule has 94 valence electrons. The Balaban J connectivity index is 1.87. The topological polar surface area (TPSA) is 18.5 Å². The summed E-state index contributed by atoms with van der Waals surface area (Å²) in [6.07, 6.45) is 6.67. The Bertz CT molecular complexity index is 304. The van der Waals surface area contributed by atoms with E-state index in [2.05, 4.69) is 24.3 Å². The molecule has 1 aliphatic carbocycles. The van der Waals surface area contributed by atoms with Crippen LogP contribution < -0.4 is 0 Å². The number of methoxy groups -OCH3 is 1. The first-order chi connectivity index (χ1) is 8.38. The van der Waals surface area contributed by atoms with Crippen LogP contribution in [0.2, 0.25) is 0 Å². The Kier molecular flexibility index (Phi) is 5.02. The zero-order valence-corrected chi connectivity index (χ0v) is 10.6. The van der Waals surface area contributed by atoms with Gasteiger partial charge in [0.2, 0.25) is 0 Å². The predicted octanol–water partition coefficient (Wildman–Crippen LogP) is 3.20. The molecule has 2 rings (SSSR count). The maximum absolute atomic E-state index is 6.13. The molecule has 1 saturated carbocycles. The molecule has 0 N–H and O–H groups in total. The highest BCUT2D eigenvalue weighted by Gasteiger charge is 2.20. The zero-order valence-electron chi connectivity index (χ0n) is 10.6. The smallest absolute Gasteiger partial charge is 0.0852 e. The molecule has 2 nitrogen and oxygen atoms in total. The number of rotatable bonds is 6. The maximum atomic E-state index is 6.13. The van der Waals surface area contributed by atoms with E-state index in [0.29, 0.717) is 12.7 Å². The van der Waals surface area contributed by atoms with Crippen LogP contribution in [0.3, 0.4) is 0 Å². The van der Waals surface area contributed by atoms with Crippen molar-refractivity contribution in [1.29, 1.82) is 0 Å². The van der Waals surface area contributed by atoms with Gasteiger partial charge in [-0.3, -0.25) is 0 Å². The lowest BCUT2D eigenvalue weighted by molar-refractivity contribution is -0.0444. The minimum absolute atomic E-state index is 0.200. The SMILES string of the molecule is COCC(Cc1ccccc1)OC1CCCC1. The van der Waals surface area contributed by atoms with Crippen LogP contribution in [0.4, 0.5) is 0 Å². The Morgan fingerprint density at radius 1 is 1.18 bits per heavy atom. The summed E-state index contributed by atoms with van der Waals surface area (Å²) in [6, 6.07) is 10.5. The van der Waals surface area contributed by atoms with Crippen LogP contribution in [0.15, 0.2) is 30.3 Å². The number of hydrogen-bond donors (Lipinski definition) is 0. The second kappa shape index (κ2) is 6.77. The summed E-state index contributed by atoms with van der Waals surface area (Å²) >= 11 is 0. The molecule has 1 aromatic rings. The van der Waals surface area contributed by atoms with E-state index in [1.54, 1.807) is 7.11 Å². The van der Waals surface area contributed by atoms with Gasteiger partial charge < -0.3 is 9.47 Å². The van der Waals surface area contributed by atoms with Gasteiger partial charge in [0.25, 0.3) is 0 Å². The largest absolute Gasteiger partial charge is 0.382 e. The molecule has 17 heavy (non-hydrogen) atoms. The molecule has 0 amide bonds. The molecule has 1 aromatic carbocycles. The van der Waals surface area contributed by atoms with E-state index < -0.39 is 0 Å². The van der Waals surface area contributed by atoms with E-state index >= 15 is 0 Å². The van der Waals surface area contributed by atoms with Gasteiger partial charge in [0, 0.05) is 13.5 Å². The first kappa shape index (κ1) is 12.6. The summed E-state index contributed by atoms with van der Waals surface area (Å²) < 4.78 is 11.4. The first-order valence-electron chi connectivity index (χ1n) is 6.57. The summed E-state index contributed by atoms with van der Waals surface area (Å²) in [4.78, 5) is 0. The fraction of sp³-hybridized carbons (Fsp3) is 0.600. The lowest BCUT2D eigenvalue weighted by Crippen LogP contribution is -2.26. The summed E-state index contributed by atoms with van der Waals surface area (Å²) in [5, 5.41) is 0. The van der Waals surface area contributed by atoms with Crippen LogP contribution >= 0.6 is 0 Å². The first-order valence-corrected chi connectivity index (χ1v) is 6.57. The van der Waals surface area contributed by atoms with Gasteiger partial charge in [-0.25, -0.2) is 0 Å². The van der Waals surface area contributed by atoms with E-state index in [1.165, 1.54) is 31.2 Å². The molecule has 2 heteroatoms. The third-order valence-corrected chi connectivity index (χ3v) is 3.35. The summed E-state index contributed by atoms with van der Waals surface area (Å²) in [6.45, 7) is 0.686. The normalized spacial score (nSPS) is 18.4. The van der Waals surface area contributed by atoms with E-state index in [1.807, 2.05) is 6.07 Å². The van der Waals surface area contributed by atoms with Crippen molar-refractivity contribution >= 4 is 0 Å². The van der Waals surface area contributed by atoms with Gasteiger partial charge >= 0.3 is 0 Å². The fourth-order valence-corrected chi connectivity index (χ4v) is 2.51. The summed E-state index contributed by atoms with van der Waals surface area (Å²) in [5.74, 6) is 0. The molecule has 0 spiro atoms. The standard InChI is InChI=1S/C15H22O2/c1-16-12-15(17-14-9-5-6-10-14)11-13-7-3-2-4-8-13/h2-4,7-8,14-15H,5-6,9-12H2,1H3. The van der Waals surface area contributed by atoms with Crippen LogP contribution in [-0.2, 0) is 15.9 Å². The average Bonchev–Trinajstić information content (AvgIpc) is 2.83. The van der Waals surface area contributed by atoms with Crippen LogP contribution in [0.5, 0.6) is 0 Å². The maximum Gasteiger partial charge on any atom is 0.0852 e. The quantitative estimate of drug-likeness (QED) is 0.752. The summed E-state index contributed by atoms with van der Waals surface area (Å²) in [7, 11) is 1.75. The highest BCUT2D eigenvalue weighted by Crippen LogP contribution is 2.23. The second-order valence-electron chi connectivity index (χ2n) is 4.81. The van der Waals surface area contributed by atoms with E-state index in [9.17, 15) is 0 Å². The van der Waals surface area contributed by atoms with Gasteiger partial charge in [0.15, 0.2) is 0 Å². The highest BCUT2D eigenvalue weighted by molar-refractivity contribution is 5.15.